The predicted octanol–water partition coefficient (Wildman–Crippen LogP) is 3.34. The summed E-state index contributed by atoms with van der Waals surface area (Å²) in [7, 11) is 0. The van der Waals surface area contributed by atoms with Crippen molar-refractivity contribution in [2.75, 3.05) is 18.5 Å². The van der Waals surface area contributed by atoms with Gasteiger partial charge in [-0.2, -0.15) is 0 Å². The SMILES string of the molecule is Cc1ccccc1C(=O)NCCC(=O)OCC(=O)Nc1c(F)cc(F)cc1Br. The lowest BCUT2D eigenvalue weighted by molar-refractivity contribution is -0.147. The van der Waals surface area contributed by atoms with E-state index < -0.39 is 30.1 Å². The van der Waals surface area contributed by atoms with Gasteiger partial charge in [-0.05, 0) is 40.5 Å². The van der Waals surface area contributed by atoms with Crippen LogP contribution in [0.25, 0.3) is 0 Å². The maximum atomic E-state index is 13.6. The summed E-state index contributed by atoms with van der Waals surface area (Å²) < 4.78 is 31.5. The molecular weight excluding hydrogens is 438 g/mol. The fraction of sp³-hybridized carbons (Fsp3) is 0.211. The maximum Gasteiger partial charge on any atom is 0.308 e. The summed E-state index contributed by atoms with van der Waals surface area (Å²) in [6.45, 7) is 1.18. The fourth-order valence-electron chi connectivity index (χ4n) is 2.26. The smallest absolute Gasteiger partial charge is 0.308 e. The van der Waals surface area contributed by atoms with E-state index in [4.69, 9.17) is 4.74 Å². The van der Waals surface area contributed by atoms with Gasteiger partial charge in [0.1, 0.15) is 5.82 Å². The van der Waals surface area contributed by atoms with E-state index >= 15 is 0 Å². The third-order valence-corrected chi connectivity index (χ3v) is 4.27. The van der Waals surface area contributed by atoms with Crippen molar-refractivity contribution in [1.82, 2.24) is 5.32 Å². The first-order chi connectivity index (χ1) is 13.3. The summed E-state index contributed by atoms with van der Waals surface area (Å²) in [4.78, 5) is 35.5. The number of carbonyl (C=O) groups is 3. The Balaban J connectivity index is 1.74. The molecule has 2 rings (SSSR count). The average Bonchev–Trinajstić information content (AvgIpc) is 2.63. The molecule has 0 fully saturated rings. The molecule has 0 saturated heterocycles. The summed E-state index contributed by atoms with van der Waals surface area (Å²) in [6.07, 6.45) is -0.139. The van der Waals surface area contributed by atoms with Crippen LogP contribution in [0.4, 0.5) is 14.5 Å². The van der Waals surface area contributed by atoms with Crippen molar-refractivity contribution in [2.45, 2.75) is 13.3 Å². The molecule has 0 atom stereocenters. The van der Waals surface area contributed by atoms with Gasteiger partial charge >= 0.3 is 5.97 Å². The molecule has 148 valence electrons. The molecule has 0 bridgehead atoms. The highest BCUT2D eigenvalue weighted by Crippen LogP contribution is 2.26. The lowest BCUT2D eigenvalue weighted by Crippen LogP contribution is -2.28. The third-order valence-electron chi connectivity index (χ3n) is 3.64. The highest BCUT2D eigenvalue weighted by Gasteiger charge is 2.15. The normalized spacial score (nSPS) is 10.3. The van der Waals surface area contributed by atoms with Crippen LogP contribution in [0.1, 0.15) is 22.3 Å². The Labute approximate surface area is 168 Å². The average molecular weight is 455 g/mol. The lowest BCUT2D eigenvalue weighted by Gasteiger charge is -2.10. The van der Waals surface area contributed by atoms with Crippen LogP contribution in [-0.2, 0) is 14.3 Å². The molecule has 2 aromatic rings. The van der Waals surface area contributed by atoms with Crippen LogP contribution in [-0.4, -0.2) is 30.9 Å². The first-order valence-electron chi connectivity index (χ1n) is 8.21. The summed E-state index contributed by atoms with van der Waals surface area (Å²) in [5.74, 6) is -3.59. The van der Waals surface area contributed by atoms with Gasteiger partial charge in [0.2, 0.25) is 0 Å². The van der Waals surface area contributed by atoms with E-state index in [0.29, 0.717) is 11.6 Å². The second-order valence-corrected chi connectivity index (χ2v) is 6.63. The summed E-state index contributed by atoms with van der Waals surface area (Å²) in [5, 5.41) is 4.78. The summed E-state index contributed by atoms with van der Waals surface area (Å²) in [5.41, 5.74) is 1.05. The molecule has 2 aromatic carbocycles. The number of amides is 2. The van der Waals surface area contributed by atoms with E-state index in [1.165, 1.54) is 0 Å². The van der Waals surface area contributed by atoms with Crippen LogP contribution < -0.4 is 10.6 Å². The van der Waals surface area contributed by atoms with Gasteiger partial charge in [0.05, 0.1) is 12.1 Å². The van der Waals surface area contributed by atoms with Gasteiger partial charge < -0.3 is 15.4 Å². The topological polar surface area (TPSA) is 84.5 Å². The van der Waals surface area contributed by atoms with Gasteiger partial charge in [-0.3, -0.25) is 14.4 Å². The van der Waals surface area contributed by atoms with E-state index in [9.17, 15) is 23.2 Å². The number of carbonyl (C=O) groups excluding carboxylic acids is 3. The number of ether oxygens (including phenoxy) is 1. The quantitative estimate of drug-likeness (QED) is 0.628. The number of rotatable bonds is 7. The largest absolute Gasteiger partial charge is 0.456 e. The van der Waals surface area contributed by atoms with Crippen molar-refractivity contribution in [3.05, 3.63) is 63.6 Å². The number of halogens is 3. The second-order valence-electron chi connectivity index (χ2n) is 5.77. The van der Waals surface area contributed by atoms with Crippen molar-refractivity contribution in [3.8, 4) is 0 Å². The molecule has 0 radical (unpaired) electrons. The molecule has 0 spiro atoms. The molecule has 0 saturated carbocycles. The zero-order chi connectivity index (χ0) is 20.7. The first kappa shape index (κ1) is 21.5. The minimum absolute atomic E-state index is 0.0172. The molecule has 0 aliphatic rings. The molecule has 0 aromatic heterocycles. The maximum absolute atomic E-state index is 13.6. The van der Waals surface area contributed by atoms with Gasteiger partial charge in [0.15, 0.2) is 12.4 Å². The highest BCUT2D eigenvalue weighted by atomic mass is 79.9. The first-order valence-corrected chi connectivity index (χ1v) is 9.01. The van der Waals surface area contributed by atoms with E-state index in [2.05, 4.69) is 26.6 Å². The summed E-state index contributed by atoms with van der Waals surface area (Å²) >= 11 is 2.94. The minimum atomic E-state index is -0.967. The Morgan fingerprint density at radius 3 is 2.54 bits per heavy atom. The van der Waals surface area contributed by atoms with Crippen LogP contribution >= 0.6 is 15.9 Å². The van der Waals surface area contributed by atoms with Crippen LogP contribution in [0, 0.1) is 18.6 Å². The molecular formula is C19H17BrF2N2O4. The zero-order valence-electron chi connectivity index (χ0n) is 14.9. The number of aryl methyl sites for hydroxylation is 1. The standard InChI is InChI=1S/C19H17BrF2N2O4/c1-11-4-2-3-5-13(11)19(27)23-7-6-17(26)28-10-16(25)24-18-14(20)8-12(21)9-15(18)22/h2-5,8-9H,6-7,10H2,1H3,(H,23,27)(H,24,25). The number of anilines is 1. The molecule has 0 unspecified atom stereocenters. The Hall–Kier alpha value is -2.81. The van der Waals surface area contributed by atoms with Crippen LogP contribution in [0.2, 0.25) is 0 Å². The van der Waals surface area contributed by atoms with Crippen LogP contribution in [0.15, 0.2) is 40.9 Å². The fourth-order valence-corrected chi connectivity index (χ4v) is 2.76. The van der Waals surface area contributed by atoms with E-state index in [1.807, 2.05) is 6.07 Å². The van der Waals surface area contributed by atoms with Gasteiger partial charge in [-0.1, -0.05) is 18.2 Å². The molecule has 2 amide bonds. The van der Waals surface area contributed by atoms with E-state index in [0.717, 1.165) is 11.6 Å². The third kappa shape index (κ3) is 6.12. The number of benzene rings is 2. The molecule has 0 heterocycles. The van der Waals surface area contributed by atoms with Crippen molar-refractivity contribution in [3.63, 3.8) is 0 Å². The molecule has 0 aliphatic heterocycles. The van der Waals surface area contributed by atoms with Gasteiger partial charge in [0, 0.05) is 22.6 Å². The van der Waals surface area contributed by atoms with Crippen molar-refractivity contribution in [2.24, 2.45) is 0 Å². The molecule has 2 N–H and O–H groups in total. The molecule has 6 nitrogen and oxygen atoms in total. The summed E-state index contributed by atoms with van der Waals surface area (Å²) in [6, 6.07) is 8.61. The Kier molecular flexibility index (Phi) is 7.62. The van der Waals surface area contributed by atoms with Gasteiger partial charge in [-0.15, -0.1) is 0 Å². The molecule has 9 heteroatoms. The zero-order valence-corrected chi connectivity index (χ0v) is 16.4. The van der Waals surface area contributed by atoms with Crippen molar-refractivity contribution in [1.29, 1.82) is 0 Å². The van der Waals surface area contributed by atoms with Gasteiger partial charge in [-0.25, -0.2) is 8.78 Å². The second kappa shape index (κ2) is 9.93. The number of nitrogens with one attached hydrogen (secondary N) is 2. The van der Waals surface area contributed by atoms with Gasteiger partial charge in [0.25, 0.3) is 11.8 Å². The Bertz CT molecular complexity index is 882. The van der Waals surface area contributed by atoms with Crippen LogP contribution in [0.3, 0.4) is 0 Å². The molecule has 28 heavy (non-hydrogen) atoms. The predicted molar refractivity (Wildman–Crippen MR) is 102 cm³/mol. The minimum Gasteiger partial charge on any atom is -0.456 e. The number of hydrogen-bond acceptors (Lipinski definition) is 4. The monoisotopic (exact) mass is 454 g/mol. The molecule has 0 aliphatic carbocycles. The Morgan fingerprint density at radius 1 is 1.14 bits per heavy atom. The number of hydrogen-bond donors (Lipinski definition) is 2. The number of esters is 1. The van der Waals surface area contributed by atoms with Crippen molar-refractivity contribution >= 4 is 39.4 Å². The van der Waals surface area contributed by atoms with E-state index in [-0.39, 0.29) is 29.0 Å². The van der Waals surface area contributed by atoms with Crippen molar-refractivity contribution < 1.29 is 27.9 Å². The highest BCUT2D eigenvalue weighted by molar-refractivity contribution is 9.10. The lowest BCUT2D eigenvalue weighted by atomic mass is 10.1. The van der Waals surface area contributed by atoms with E-state index in [1.54, 1.807) is 25.1 Å². The van der Waals surface area contributed by atoms with Crippen LogP contribution in [0.5, 0.6) is 0 Å². The Morgan fingerprint density at radius 2 is 1.86 bits per heavy atom.